The van der Waals surface area contributed by atoms with Crippen LogP contribution >= 0.6 is 11.3 Å². The number of Topliss-reactive ketones (excluding diaryl/α,β-unsaturated/α-hetero) is 2. The summed E-state index contributed by atoms with van der Waals surface area (Å²) in [6.45, 7) is 8.55. The summed E-state index contributed by atoms with van der Waals surface area (Å²) < 4.78 is 40.3. The lowest BCUT2D eigenvalue weighted by Crippen LogP contribution is -2.41. The third-order valence-corrected chi connectivity index (χ3v) is 13.8. The Morgan fingerprint density at radius 1 is 1.09 bits per heavy atom. The molecule has 5 atom stereocenters. The zero-order valence-electron chi connectivity index (χ0n) is 31.6. The number of benzene rings is 1. The number of amides is 1. The van der Waals surface area contributed by atoms with Crippen LogP contribution in [0.3, 0.4) is 0 Å². The van der Waals surface area contributed by atoms with Gasteiger partial charge in [0.2, 0.25) is 15.9 Å². The average molecular weight is 765 g/mol. The number of aryl methyl sites for hydroxylation is 1. The average Bonchev–Trinajstić information content (AvgIpc) is 3.99. The number of ether oxygens (including phenoxy) is 2. The summed E-state index contributed by atoms with van der Waals surface area (Å²) in [5.41, 5.74) is 2.06. The number of aromatic nitrogens is 2. The Balaban J connectivity index is 1.24. The van der Waals surface area contributed by atoms with Gasteiger partial charge in [-0.05, 0) is 103 Å². The first kappa shape index (κ1) is 39.0. The van der Waals surface area contributed by atoms with Crippen molar-refractivity contribution in [1.82, 2.24) is 20.0 Å². The summed E-state index contributed by atoms with van der Waals surface area (Å²) in [7, 11) is -0.262. The quantitative estimate of drug-likeness (QED) is 0.106. The molecule has 6 rings (SSSR count). The summed E-state index contributed by atoms with van der Waals surface area (Å²) in [4.78, 5) is 50.9. The van der Waals surface area contributed by atoms with E-state index >= 15 is 0 Å². The Labute approximate surface area is 316 Å². The van der Waals surface area contributed by atoms with Crippen molar-refractivity contribution in [1.29, 1.82) is 0 Å². The number of hydrogen-bond donors (Lipinski definition) is 2. The number of allylic oxidation sites excluding steroid dienone is 2. The van der Waals surface area contributed by atoms with Crippen molar-refractivity contribution in [2.24, 2.45) is 23.2 Å². The Hall–Kier alpha value is -3.68. The van der Waals surface area contributed by atoms with Crippen molar-refractivity contribution in [2.45, 2.75) is 103 Å². The molecule has 286 valence electrons. The predicted octanol–water partition coefficient (Wildman–Crippen LogP) is 6.68. The summed E-state index contributed by atoms with van der Waals surface area (Å²) in [5, 5.41) is 6.16. The number of unbranched alkanes of at least 4 members (excludes halogenated alkanes) is 2. The number of ketones is 2. The SMILES string of the molecule is CNCCCC/C=C\[C@@H]1C[C@]1(CC(=O)[C@@H]1C[C@@H](Oc2cc(-c3nc(C(C)C)cs3)nc3c(C)c(OC)ccc23)C[C@H]1C(C)=O)C(=O)NS(=O)(=O)C1CC1. The molecule has 3 saturated carbocycles. The zero-order chi connectivity index (χ0) is 38.1. The lowest BCUT2D eigenvalue weighted by atomic mass is 9.83. The topological polar surface area (TPSA) is 154 Å². The highest BCUT2D eigenvalue weighted by atomic mass is 32.2. The molecule has 11 nitrogen and oxygen atoms in total. The van der Waals surface area contributed by atoms with Crippen molar-refractivity contribution in [3.63, 3.8) is 0 Å². The fourth-order valence-corrected chi connectivity index (χ4v) is 9.96. The van der Waals surface area contributed by atoms with E-state index in [1.54, 1.807) is 7.11 Å². The fourth-order valence-electron chi connectivity index (χ4n) is 7.64. The van der Waals surface area contributed by atoms with E-state index < -0.39 is 44.5 Å². The molecule has 2 aromatic heterocycles. The molecular weight excluding hydrogens is 713 g/mol. The third kappa shape index (κ3) is 8.52. The van der Waals surface area contributed by atoms with E-state index in [2.05, 4.69) is 23.9 Å². The van der Waals surface area contributed by atoms with E-state index in [0.717, 1.165) is 53.0 Å². The molecule has 0 aliphatic heterocycles. The Bertz CT molecular complexity index is 2000. The van der Waals surface area contributed by atoms with Gasteiger partial charge in [-0.2, -0.15) is 0 Å². The zero-order valence-corrected chi connectivity index (χ0v) is 33.2. The highest BCUT2D eigenvalue weighted by Gasteiger charge is 2.61. The van der Waals surface area contributed by atoms with Crippen LogP contribution in [0.4, 0.5) is 0 Å². The minimum atomic E-state index is -3.80. The number of sulfonamides is 1. The minimum absolute atomic E-state index is 0.108. The number of methoxy groups -OCH3 is 1. The second-order valence-corrected chi connectivity index (χ2v) is 18.2. The van der Waals surface area contributed by atoms with Crippen molar-refractivity contribution in [3.8, 4) is 22.2 Å². The molecule has 1 aromatic carbocycles. The number of nitrogens with zero attached hydrogens (tertiary/aromatic N) is 2. The number of carbonyl (C=O) groups is 3. The van der Waals surface area contributed by atoms with Crippen molar-refractivity contribution in [2.75, 3.05) is 20.7 Å². The molecule has 2 N–H and O–H groups in total. The van der Waals surface area contributed by atoms with Gasteiger partial charge >= 0.3 is 0 Å². The molecular formula is C40H52N4O7S2. The highest BCUT2D eigenvalue weighted by molar-refractivity contribution is 7.90. The van der Waals surface area contributed by atoms with Gasteiger partial charge in [0.15, 0.2) is 0 Å². The van der Waals surface area contributed by atoms with Crippen LogP contribution < -0.4 is 19.5 Å². The monoisotopic (exact) mass is 764 g/mol. The van der Waals surface area contributed by atoms with E-state index in [1.807, 2.05) is 49.7 Å². The van der Waals surface area contributed by atoms with Crippen LogP contribution in [-0.4, -0.2) is 67.9 Å². The van der Waals surface area contributed by atoms with Gasteiger partial charge in [0.1, 0.15) is 39.9 Å². The Kier molecular flexibility index (Phi) is 11.8. The molecule has 3 fully saturated rings. The smallest absolute Gasteiger partial charge is 0.240 e. The van der Waals surface area contributed by atoms with E-state index in [-0.39, 0.29) is 29.8 Å². The van der Waals surface area contributed by atoms with Gasteiger partial charge in [0.05, 0.1) is 29.0 Å². The van der Waals surface area contributed by atoms with Gasteiger partial charge in [-0.15, -0.1) is 11.3 Å². The largest absolute Gasteiger partial charge is 0.496 e. The molecule has 0 bridgehead atoms. The maximum Gasteiger partial charge on any atom is 0.240 e. The molecule has 2 heterocycles. The normalized spacial score (nSPS) is 24.2. The number of nitrogens with one attached hydrogen (secondary N) is 2. The highest BCUT2D eigenvalue weighted by Crippen LogP contribution is 2.58. The van der Waals surface area contributed by atoms with Crippen LogP contribution in [0.1, 0.15) is 95.7 Å². The second kappa shape index (κ2) is 16.0. The maximum absolute atomic E-state index is 14.2. The van der Waals surface area contributed by atoms with Gasteiger partial charge in [-0.25, -0.2) is 18.4 Å². The summed E-state index contributed by atoms with van der Waals surface area (Å²) in [6, 6.07) is 5.67. The van der Waals surface area contributed by atoms with E-state index in [4.69, 9.17) is 19.4 Å². The van der Waals surface area contributed by atoms with Gasteiger partial charge < -0.3 is 14.8 Å². The van der Waals surface area contributed by atoms with Crippen molar-refractivity contribution >= 4 is 49.7 Å². The summed E-state index contributed by atoms with van der Waals surface area (Å²) in [6.07, 6.45) is 8.34. The van der Waals surface area contributed by atoms with E-state index in [1.165, 1.54) is 18.3 Å². The molecule has 3 aromatic rings. The second-order valence-electron chi connectivity index (χ2n) is 15.4. The number of pyridine rings is 1. The molecule has 3 aliphatic rings. The standard InChI is InChI=1S/C40H52N4O7S2/c1-23(2)33-22-52-38(43-33)32-19-36(29-14-15-35(50-6)24(3)37(29)42-32)51-27-17-30(25(4)45)31(18-27)34(46)21-40(39(47)44-53(48,49)28-12-13-28)20-26(40)11-9-7-8-10-16-41-5/h9,11,14-15,19,22-23,26-28,30-31,41H,7-8,10,12-13,16-18,20-21H2,1-6H3,(H,44,47)/b11-9-/t26-,27+,30+,31-,40-/m1/s1. The molecule has 53 heavy (non-hydrogen) atoms. The predicted molar refractivity (Wildman–Crippen MR) is 207 cm³/mol. The molecule has 3 aliphatic carbocycles. The van der Waals surface area contributed by atoms with Crippen LogP contribution in [0, 0.1) is 30.1 Å². The first-order valence-corrected chi connectivity index (χ1v) is 21.2. The number of thiazole rings is 1. The van der Waals surface area contributed by atoms with Crippen LogP contribution in [0.2, 0.25) is 0 Å². The first-order chi connectivity index (χ1) is 25.3. The van der Waals surface area contributed by atoms with E-state index in [0.29, 0.717) is 49.3 Å². The molecule has 13 heteroatoms. The minimum Gasteiger partial charge on any atom is -0.496 e. The van der Waals surface area contributed by atoms with Crippen LogP contribution in [0.25, 0.3) is 21.6 Å². The van der Waals surface area contributed by atoms with Crippen LogP contribution in [0.15, 0.2) is 35.7 Å². The van der Waals surface area contributed by atoms with Gasteiger partial charge in [0.25, 0.3) is 0 Å². The number of carbonyl (C=O) groups excluding carboxylic acids is 3. The number of fused-ring (bicyclic) bond motifs is 1. The fraction of sp³-hybridized carbons (Fsp3) is 0.575. The van der Waals surface area contributed by atoms with E-state index in [9.17, 15) is 22.8 Å². The molecule has 0 unspecified atom stereocenters. The van der Waals surface area contributed by atoms with Crippen molar-refractivity contribution in [3.05, 3.63) is 47.0 Å². The van der Waals surface area contributed by atoms with Gasteiger partial charge in [-0.3, -0.25) is 19.1 Å². The van der Waals surface area contributed by atoms with Gasteiger partial charge in [0, 0.05) is 40.7 Å². The molecule has 0 spiro atoms. The van der Waals surface area contributed by atoms with Crippen LogP contribution in [-0.2, 0) is 24.4 Å². The third-order valence-electron chi connectivity index (χ3n) is 11.1. The number of rotatable bonds is 18. The maximum atomic E-state index is 14.2. The summed E-state index contributed by atoms with van der Waals surface area (Å²) >= 11 is 1.52. The number of hydrogen-bond acceptors (Lipinski definition) is 11. The summed E-state index contributed by atoms with van der Waals surface area (Å²) in [5.74, 6) is -0.870. The lowest BCUT2D eigenvalue weighted by Gasteiger charge is -2.21. The first-order valence-electron chi connectivity index (χ1n) is 18.8. The molecule has 0 saturated heterocycles. The molecule has 0 radical (unpaired) electrons. The Morgan fingerprint density at radius 3 is 2.51 bits per heavy atom. The van der Waals surface area contributed by atoms with Gasteiger partial charge in [-0.1, -0.05) is 26.0 Å². The molecule has 1 amide bonds. The van der Waals surface area contributed by atoms with Crippen molar-refractivity contribution < 1.29 is 32.3 Å². The Morgan fingerprint density at radius 2 is 1.85 bits per heavy atom. The lowest BCUT2D eigenvalue weighted by molar-refractivity contribution is -0.134. The van der Waals surface area contributed by atoms with Crippen LogP contribution in [0.5, 0.6) is 11.5 Å².